The van der Waals surface area contributed by atoms with Crippen molar-refractivity contribution in [1.82, 2.24) is 0 Å². The molecular weight excluding hydrogens is 329 g/mol. The Morgan fingerprint density at radius 2 is 2.00 bits per heavy atom. The van der Waals surface area contributed by atoms with Gasteiger partial charge in [0.2, 0.25) is 0 Å². The summed E-state index contributed by atoms with van der Waals surface area (Å²) in [5, 5.41) is 3.18. The molecule has 3 nitrogen and oxygen atoms in total. The number of allylic oxidation sites excluding steroid dienone is 1. The van der Waals surface area contributed by atoms with Gasteiger partial charge < -0.3 is 10.1 Å². The number of hydrogen-bond acceptors (Lipinski definition) is 3. The molecule has 0 spiro atoms. The Bertz CT molecular complexity index is 714. The Kier molecular flexibility index (Phi) is 6.82. The van der Waals surface area contributed by atoms with Crippen LogP contribution < -0.4 is 10.1 Å². The third-order valence-corrected chi connectivity index (χ3v) is 3.64. The molecule has 0 saturated heterocycles. The van der Waals surface area contributed by atoms with Crippen LogP contribution in [0.3, 0.4) is 0 Å². The van der Waals surface area contributed by atoms with E-state index in [0.29, 0.717) is 22.9 Å². The zero-order valence-corrected chi connectivity index (χ0v) is 14.1. The van der Waals surface area contributed by atoms with E-state index in [4.69, 9.17) is 16.3 Å². The first-order valence-corrected chi connectivity index (χ1v) is 8.13. The standard InChI is InChI=1S/C19H19ClFNO2/c1-2-3-12-24-16-7-4-14(5-8-16)19(23)10-11-22-18-13-15(21)6-9-17(18)20/h4-11,13,22H,2-3,12H2,1H3/b11-10+. The summed E-state index contributed by atoms with van der Waals surface area (Å²) in [6, 6.07) is 11.0. The van der Waals surface area contributed by atoms with Crippen LogP contribution in [0.25, 0.3) is 0 Å². The fourth-order valence-electron chi connectivity index (χ4n) is 1.96. The van der Waals surface area contributed by atoms with E-state index in [2.05, 4.69) is 12.2 Å². The Hall–Kier alpha value is -2.33. The highest BCUT2D eigenvalue weighted by molar-refractivity contribution is 6.33. The predicted octanol–water partition coefficient (Wildman–Crippen LogP) is 5.47. The van der Waals surface area contributed by atoms with Crippen molar-refractivity contribution in [3.63, 3.8) is 0 Å². The number of carbonyl (C=O) groups excluding carboxylic acids is 1. The van der Waals surface area contributed by atoms with E-state index in [1.807, 2.05) is 0 Å². The van der Waals surface area contributed by atoms with Gasteiger partial charge in [0.25, 0.3) is 0 Å². The van der Waals surface area contributed by atoms with Crippen LogP contribution in [0.5, 0.6) is 5.75 Å². The average molecular weight is 348 g/mol. The van der Waals surface area contributed by atoms with Gasteiger partial charge in [0.1, 0.15) is 11.6 Å². The maximum Gasteiger partial charge on any atom is 0.187 e. The lowest BCUT2D eigenvalue weighted by atomic mass is 10.1. The first kappa shape index (κ1) is 18.0. The van der Waals surface area contributed by atoms with Gasteiger partial charge >= 0.3 is 0 Å². The highest BCUT2D eigenvalue weighted by atomic mass is 35.5. The quantitative estimate of drug-likeness (QED) is 0.391. The Morgan fingerprint density at radius 1 is 1.25 bits per heavy atom. The van der Waals surface area contributed by atoms with Crippen molar-refractivity contribution in [1.29, 1.82) is 0 Å². The lowest BCUT2D eigenvalue weighted by Gasteiger charge is -2.05. The summed E-state index contributed by atoms with van der Waals surface area (Å²) in [5.74, 6) is 0.170. The number of carbonyl (C=O) groups is 1. The van der Waals surface area contributed by atoms with E-state index in [1.54, 1.807) is 24.3 Å². The van der Waals surface area contributed by atoms with Gasteiger partial charge in [0.05, 0.1) is 17.3 Å². The molecule has 0 aliphatic rings. The maximum absolute atomic E-state index is 13.1. The SMILES string of the molecule is CCCCOc1ccc(C(=O)/C=C/Nc2cc(F)ccc2Cl)cc1. The van der Waals surface area contributed by atoms with Crippen LogP contribution in [0.1, 0.15) is 30.1 Å². The van der Waals surface area contributed by atoms with Crippen LogP contribution in [0.4, 0.5) is 10.1 Å². The molecule has 0 aliphatic carbocycles. The molecule has 0 heterocycles. The van der Waals surface area contributed by atoms with E-state index >= 15 is 0 Å². The zero-order valence-electron chi connectivity index (χ0n) is 13.4. The predicted molar refractivity (Wildman–Crippen MR) is 95.3 cm³/mol. The minimum Gasteiger partial charge on any atom is -0.494 e. The van der Waals surface area contributed by atoms with Crippen molar-refractivity contribution in [2.75, 3.05) is 11.9 Å². The second-order valence-corrected chi connectivity index (χ2v) is 5.60. The number of unbranched alkanes of at least 4 members (excludes halogenated alkanes) is 1. The second-order valence-electron chi connectivity index (χ2n) is 5.19. The van der Waals surface area contributed by atoms with Gasteiger partial charge in [0.15, 0.2) is 5.78 Å². The van der Waals surface area contributed by atoms with Crippen LogP contribution in [0.2, 0.25) is 5.02 Å². The number of ether oxygens (including phenoxy) is 1. The molecule has 24 heavy (non-hydrogen) atoms. The molecule has 0 atom stereocenters. The van der Waals surface area contributed by atoms with Crippen molar-refractivity contribution in [3.8, 4) is 5.75 Å². The molecule has 0 radical (unpaired) electrons. The number of rotatable bonds is 8. The first-order chi connectivity index (χ1) is 11.6. The van der Waals surface area contributed by atoms with E-state index in [1.165, 1.54) is 30.5 Å². The van der Waals surface area contributed by atoms with Crippen molar-refractivity contribution < 1.29 is 13.9 Å². The number of nitrogens with one attached hydrogen (secondary N) is 1. The molecule has 5 heteroatoms. The normalized spacial score (nSPS) is 10.8. The van der Waals surface area contributed by atoms with Crippen LogP contribution in [0.15, 0.2) is 54.7 Å². The van der Waals surface area contributed by atoms with Crippen LogP contribution >= 0.6 is 11.6 Å². The molecule has 1 N–H and O–H groups in total. The minimum absolute atomic E-state index is 0.171. The number of anilines is 1. The van der Waals surface area contributed by atoms with Crippen molar-refractivity contribution in [2.45, 2.75) is 19.8 Å². The Labute approximate surface area is 146 Å². The molecule has 0 fully saturated rings. The molecule has 0 amide bonds. The van der Waals surface area contributed by atoms with Gasteiger partial charge in [-0.25, -0.2) is 4.39 Å². The summed E-state index contributed by atoms with van der Waals surface area (Å²) in [4.78, 5) is 12.1. The zero-order chi connectivity index (χ0) is 17.4. The Morgan fingerprint density at radius 3 is 2.71 bits per heavy atom. The number of halogens is 2. The van der Waals surface area contributed by atoms with Gasteiger partial charge in [-0.3, -0.25) is 4.79 Å². The number of hydrogen-bond donors (Lipinski definition) is 1. The number of ketones is 1. The Balaban J connectivity index is 1.93. The molecule has 126 valence electrons. The third-order valence-electron chi connectivity index (χ3n) is 3.31. The van der Waals surface area contributed by atoms with Crippen molar-refractivity contribution >= 4 is 23.1 Å². The van der Waals surface area contributed by atoms with Crippen molar-refractivity contribution in [3.05, 3.63) is 71.1 Å². The largest absolute Gasteiger partial charge is 0.494 e. The van der Waals surface area contributed by atoms with Crippen LogP contribution in [-0.4, -0.2) is 12.4 Å². The topological polar surface area (TPSA) is 38.3 Å². The molecular formula is C19H19ClFNO2. The van der Waals surface area contributed by atoms with Crippen LogP contribution in [0, 0.1) is 5.82 Å². The van der Waals surface area contributed by atoms with Gasteiger partial charge in [0, 0.05) is 17.8 Å². The molecule has 0 aliphatic heterocycles. The monoisotopic (exact) mass is 347 g/mol. The average Bonchev–Trinajstić information content (AvgIpc) is 2.58. The lowest BCUT2D eigenvalue weighted by Crippen LogP contribution is -1.99. The van der Waals surface area contributed by atoms with Gasteiger partial charge in [-0.15, -0.1) is 0 Å². The molecule has 2 rings (SSSR count). The second kappa shape index (κ2) is 9.08. The third kappa shape index (κ3) is 5.39. The number of benzene rings is 2. The van der Waals surface area contributed by atoms with Crippen molar-refractivity contribution in [2.24, 2.45) is 0 Å². The lowest BCUT2D eigenvalue weighted by molar-refractivity contribution is 0.104. The molecule has 0 bridgehead atoms. The highest BCUT2D eigenvalue weighted by Gasteiger charge is 2.03. The van der Waals surface area contributed by atoms with E-state index < -0.39 is 5.82 Å². The summed E-state index contributed by atoms with van der Waals surface area (Å²) in [6.45, 7) is 2.77. The molecule has 0 saturated carbocycles. The van der Waals surface area contributed by atoms with Crippen LogP contribution in [-0.2, 0) is 0 Å². The molecule has 2 aromatic rings. The van der Waals surface area contributed by atoms with Gasteiger partial charge in [-0.2, -0.15) is 0 Å². The molecule has 2 aromatic carbocycles. The summed E-state index contributed by atoms with van der Waals surface area (Å²) in [5.41, 5.74) is 0.946. The summed E-state index contributed by atoms with van der Waals surface area (Å²) in [7, 11) is 0. The fourth-order valence-corrected chi connectivity index (χ4v) is 2.13. The minimum atomic E-state index is -0.403. The summed E-state index contributed by atoms with van der Waals surface area (Å²) < 4.78 is 18.7. The fraction of sp³-hybridized carbons (Fsp3) is 0.211. The maximum atomic E-state index is 13.1. The van der Waals surface area contributed by atoms with E-state index in [9.17, 15) is 9.18 Å². The summed E-state index contributed by atoms with van der Waals surface area (Å²) >= 11 is 5.94. The molecule has 0 unspecified atom stereocenters. The van der Waals surface area contributed by atoms with E-state index in [-0.39, 0.29) is 5.78 Å². The van der Waals surface area contributed by atoms with E-state index in [0.717, 1.165) is 18.6 Å². The molecule has 0 aromatic heterocycles. The van der Waals surface area contributed by atoms with Gasteiger partial charge in [-0.1, -0.05) is 24.9 Å². The van der Waals surface area contributed by atoms with Gasteiger partial charge in [-0.05, 0) is 48.9 Å². The highest BCUT2D eigenvalue weighted by Crippen LogP contribution is 2.22. The first-order valence-electron chi connectivity index (χ1n) is 7.75. The summed E-state index contributed by atoms with van der Waals surface area (Å²) in [6.07, 6.45) is 4.88. The smallest absolute Gasteiger partial charge is 0.187 e.